The molecule has 1 heterocycles. The first-order chi connectivity index (χ1) is 21.4. The number of nitrogens with one attached hydrogen (secondary N) is 3. The van der Waals surface area contributed by atoms with Crippen molar-refractivity contribution in [2.75, 3.05) is 10.6 Å². The smallest absolute Gasteiger partial charge is 0.272 e. The Labute approximate surface area is 258 Å². The fraction of sp³-hybridized carbons (Fsp3) is 0.0286. The van der Waals surface area contributed by atoms with Crippen LogP contribution in [-0.2, 0) is 9.59 Å². The van der Waals surface area contributed by atoms with E-state index in [1.165, 1.54) is 42.1 Å². The van der Waals surface area contributed by atoms with Gasteiger partial charge in [-0.2, -0.15) is 0 Å². The second-order valence-corrected chi connectivity index (χ2v) is 10.7. The Kier molecular flexibility index (Phi) is 9.91. The monoisotopic (exact) mass is 602 g/mol. The molecule has 9 heteroatoms. The molecule has 5 rings (SSSR count). The van der Waals surface area contributed by atoms with Crippen molar-refractivity contribution in [3.63, 3.8) is 0 Å². The van der Waals surface area contributed by atoms with Crippen LogP contribution in [0.4, 0.5) is 15.9 Å². The van der Waals surface area contributed by atoms with Gasteiger partial charge in [-0.15, -0.1) is 11.8 Å². The number of aromatic nitrogens is 1. The molecule has 4 aromatic carbocycles. The lowest BCUT2D eigenvalue weighted by molar-refractivity contribution is -0.116. The number of halogens is 1. The topological polar surface area (TPSA) is 100 Å². The van der Waals surface area contributed by atoms with E-state index in [4.69, 9.17) is 0 Å². The van der Waals surface area contributed by atoms with Crippen LogP contribution in [0.5, 0.6) is 0 Å². The van der Waals surface area contributed by atoms with Crippen LogP contribution in [0.3, 0.4) is 0 Å². The Balaban J connectivity index is 1.37. The normalized spacial score (nSPS) is 11.7. The summed E-state index contributed by atoms with van der Waals surface area (Å²) in [6.07, 6.45) is 3.08. The summed E-state index contributed by atoms with van der Waals surface area (Å²) in [5, 5.41) is 7.77. The molecule has 1 atom stereocenters. The molecule has 0 aliphatic rings. The van der Waals surface area contributed by atoms with Crippen LogP contribution in [0.15, 0.2) is 144 Å². The number of thioether (sulfide) groups is 1. The number of carbonyl (C=O) groups is 3. The second-order valence-electron chi connectivity index (χ2n) is 9.52. The van der Waals surface area contributed by atoms with Crippen molar-refractivity contribution in [2.24, 2.45) is 0 Å². The van der Waals surface area contributed by atoms with Crippen molar-refractivity contribution >= 4 is 47.1 Å². The lowest BCUT2D eigenvalue weighted by Crippen LogP contribution is -2.30. The average molecular weight is 603 g/mol. The van der Waals surface area contributed by atoms with Crippen molar-refractivity contribution in [1.29, 1.82) is 0 Å². The molecular formula is C35H27FN4O3S. The molecule has 1 aromatic heterocycles. The molecule has 0 aliphatic heterocycles. The van der Waals surface area contributed by atoms with E-state index >= 15 is 0 Å². The van der Waals surface area contributed by atoms with Gasteiger partial charge in [0.05, 0.1) is 0 Å². The van der Waals surface area contributed by atoms with Crippen molar-refractivity contribution in [2.45, 2.75) is 10.1 Å². The molecule has 0 aliphatic carbocycles. The number of carbonyl (C=O) groups excluding carboxylic acids is 3. The number of benzene rings is 4. The number of rotatable bonds is 10. The molecule has 3 amide bonds. The third-order valence-electron chi connectivity index (χ3n) is 6.31. The van der Waals surface area contributed by atoms with Gasteiger partial charge >= 0.3 is 0 Å². The Bertz CT molecular complexity index is 1770. The first kappa shape index (κ1) is 29.9. The molecule has 0 bridgehead atoms. The summed E-state index contributed by atoms with van der Waals surface area (Å²) in [6.45, 7) is 0. The summed E-state index contributed by atoms with van der Waals surface area (Å²) in [5.41, 5.74) is 2.13. The van der Waals surface area contributed by atoms with Crippen LogP contribution in [-0.4, -0.2) is 22.7 Å². The summed E-state index contributed by atoms with van der Waals surface area (Å²) in [4.78, 5) is 44.7. The summed E-state index contributed by atoms with van der Waals surface area (Å²) in [5.74, 6) is -1.27. The van der Waals surface area contributed by atoms with Crippen molar-refractivity contribution in [1.82, 2.24) is 10.3 Å². The summed E-state index contributed by atoms with van der Waals surface area (Å²) in [6, 6.07) is 35.8. The van der Waals surface area contributed by atoms with Gasteiger partial charge in [-0.05, 0) is 71.8 Å². The predicted octanol–water partition coefficient (Wildman–Crippen LogP) is 7.10. The SMILES string of the molecule is O=C(Nc1cccc(SC(C(=O)Nc2ccccn2)c2ccccc2)c1)/C(=C/c1ccc(F)cc1)NC(=O)c1ccccc1. The third-order valence-corrected chi connectivity index (χ3v) is 7.56. The van der Waals surface area contributed by atoms with Crippen LogP contribution in [0.2, 0.25) is 0 Å². The second kappa shape index (κ2) is 14.6. The molecule has 7 nitrogen and oxygen atoms in total. The molecule has 0 saturated carbocycles. The Morgan fingerprint density at radius 2 is 1.45 bits per heavy atom. The van der Waals surface area contributed by atoms with Crippen LogP contribution >= 0.6 is 11.8 Å². The highest BCUT2D eigenvalue weighted by molar-refractivity contribution is 8.00. The Hall–Kier alpha value is -5.54. The van der Waals surface area contributed by atoms with Gasteiger partial charge in [0.15, 0.2) is 0 Å². The molecule has 0 fully saturated rings. The maximum absolute atomic E-state index is 13.5. The number of hydrogen-bond acceptors (Lipinski definition) is 5. The maximum Gasteiger partial charge on any atom is 0.272 e. The number of amides is 3. The van der Waals surface area contributed by atoms with E-state index in [0.717, 1.165) is 10.5 Å². The summed E-state index contributed by atoms with van der Waals surface area (Å²) >= 11 is 1.32. The van der Waals surface area contributed by atoms with Gasteiger partial charge in [-0.3, -0.25) is 14.4 Å². The zero-order valence-corrected chi connectivity index (χ0v) is 24.1. The minimum atomic E-state index is -0.608. The summed E-state index contributed by atoms with van der Waals surface area (Å²) < 4.78 is 13.5. The molecule has 218 valence electrons. The predicted molar refractivity (Wildman–Crippen MR) is 171 cm³/mol. The third kappa shape index (κ3) is 8.27. The quantitative estimate of drug-likeness (QED) is 0.117. The largest absolute Gasteiger partial charge is 0.321 e. The fourth-order valence-electron chi connectivity index (χ4n) is 4.18. The molecule has 0 spiro atoms. The molecule has 5 aromatic rings. The first-order valence-electron chi connectivity index (χ1n) is 13.6. The Morgan fingerprint density at radius 1 is 0.750 bits per heavy atom. The van der Waals surface area contributed by atoms with Gasteiger partial charge in [-0.1, -0.05) is 72.8 Å². The van der Waals surface area contributed by atoms with E-state index in [-0.39, 0.29) is 11.6 Å². The minimum Gasteiger partial charge on any atom is -0.321 e. The molecule has 0 radical (unpaired) electrons. The van der Waals surface area contributed by atoms with Gasteiger partial charge in [0, 0.05) is 22.3 Å². The number of hydrogen-bond donors (Lipinski definition) is 3. The van der Waals surface area contributed by atoms with Gasteiger partial charge in [0.2, 0.25) is 5.91 Å². The summed E-state index contributed by atoms with van der Waals surface area (Å²) in [7, 11) is 0. The van der Waals surface area contributed by atoms with Gasteiger partial charge in [-0.25, -0.2) is 9.37 Å². The van der Waals surface area contributed by atoms with Crippen molar-refractivity contribution < 1.29 is 18.8 Å². The molecule has 1 unspecified atom stereocenters. The average Bonchev–Trinajstić information content (AvgIpc) is 3.05. The van der Waals surface area contributed by atoms with E-state index in [1.54, 1.807) is 72.9 Å². The highest BCUT2D eigenvalue weighted by Gasteiger charge is 2.23. The van der Waals surface area contributed by atoms with Gasteiger partial charge in [0.1, 0.15) is 22.6 Å². The van der Waals surface area contributed by atoms with Crippen LogP contribution in [0, 0.1) is 5.82 Å². The lowest BCUT2D eigenvalue weighted by atomic mass is 10.1. The number of nitrogens with zero attached hydrogens (tertiary/aromatic N) is 1. The van der Waals surface area contributed by atoms with Crippen LogP contribution in [0.1, 0.15) is 26.7 Å². The zero-order chi connectivity index (χ0) is 30.7. The highest BCUT2D eigenvalue weighted by Crippen LogP contribution is 2.37. The van der Waals surface area contributed by atoms with Crippen molar-refractivity contribution in [3.05, 3.63) is 162 Å². The Morgan fingerprint density at radius 3 is 2.16 bits per heavy atom. The number of anilines is 2. The lowest BCUT2D eigenvalue weighted by Gasteiger charge is -2.17. The fourth-order valence-corrected chi connectivity index (χ4v) is 5.26. The van der Waals surface area contributed by atoms with Gasteiger partial charge < -0.3 is 16.0 Å². The van der Waals surface area contributed by atoms with Crippen LogP contribution in [0.25, 0.3) is 6.08 Å². The van der Waals surface area contributed by atoms with Crippen LogP contribution < -0.4 is 16.0 Å². The van der Waals surface area contributed by atoms with Crippen molar-refractivity contribution in [3.8, 4) is 0 Å². The van der Waals surface area contributed by atoms with E-state index in [0.29, 0.717) is 22.6 Å². The first-order valence-corrected chi connectivity index (χ1v) is 14.5. The van der Waals surface area contributed by atoms with E-state index in [1.807, 2.05) is 36.4 Å². The standard InChI is InChI=1S/C35H27FN4O3S/c36-27-19-17-24(18-20-27)22-30(39-33(41)26-12-5-2-6-13-26)34(42)38-28-14-9-15-29(23-28)44-32(25-10-3-1-4-11-25)35(43)40-31-16-7-8-21-37-31/h1-23,32H,(H,38,42)(H,39,41)(H,37,40,43)/b30-22-. The van der Waals surface area contributed by atoms with E-state index in [9.17, 15) is 18.8 Å². The zero-order valence-electron chi connectivity index (χ0n) is 23.3. The molecule has 3 N–H and O–H groups in total. The molecule has 0 saturated heterocycles. The minimum absolute atomic E-state index is 0.0274. The van der Waals surface area contributed by atoms with Gasteiger partial charge in [0.25, 0.3) is 11.8 Å². The van der Waals surface area contributed by atoms with E-state index in [2.05, 4.69) is 20.9 Å². The van der Waals surface area contributed by atoms with E-state index < -0.39 is 22.9 Å². The molecular weight excluding hydrogens is 575 g/mol. The molecule has 44 heavy (non-hydrogen) atoms. The number of pyridine rings is 1. The highest BCUT2D eigenvalue weighted by atomic mass is 32.2. The maximum atomic E-state index is 13.5.